The fourth-order valence-corrected chi connectivity index (χ4v) is 10.2. The van der Waals surface area contributed by atoms with Crippen LogP contribution < -0.4 is 12.0 Å². The van der Waals surface area contributed by atoms with E-state index in [1.54, 1.807) is 24.4 Å². The van der Waals surface area contributed by atoms with Crippen LogP contribution in [0.5, 0.6) is 11.5 Å². The summed E-state index contributed by atoms with van der Waals surface area (Å²) >= 11 is -5.11. The second kappa shape index (κ2) is 10.2. The van der Waals surface area contributed by atoms with Crippen molar-refractivity contribution >= 4 is 25.4 Å². The first-order chi connectivity index (χ1) is 19.8. The normalized spacial score (nSPS) is 13.9. The van der Waals surface area contributed by atoms with E-state index in [0.29, 0.717) is 24.3 Å². The third kappa shape index (κ3) is 5.15. The van der Waals surface area contributed by atoms with E-state index in [9.17, 15) is 6.21 Å². The molecule has 0 aliphatic carbocycles. The first-order valence-electron chi connectivity index (χ1n) is 14.1. The van der Waals surface area contributed by atoms with Gasteiger partial charge in [0, 0.05) is 0 Å². The van der Waals surface area contributed by atoms with E-state index in [1.165, 1.54) is 5.56 Å². The van der Waals surface area contributed by atoms with Crippen LogP contribution in [-0.4, -0.2) is 28.1 Å². The zero-order valence-corrected chi connectivity index (χ0v) is 27.1. The molecule has 0 N–H and O–H groups in total. The molecule has 0 bridgehead atoms. The average molecular weight is 670 g/mol. The molecule has 0 unspecified atom stereocenters. The van der Waals surface area contributed by atoms with Crippen LogP contribution in [0.3, 0.4) is 0 Å². The van der Waals surface area contributed by atoms with E-state index in [0.717, 1.165) is 33.6 Å². The Morgan fingerprint density at radius 1 is 0.595 bits per heavy atom. The predicted octanol–water partition coefficient (Wildman–Crippen LogP) is 7.60. The number of rotatable bonds is 4. The Balaban J connectivity index is 1.48. The minimum atomic E-state index is -5.11. The van der Waals surface area contributed by atoms with E-state index >= 15 is 0 Å². The number of aromatic nitrogens is 2. The second-order valence-corrected chi connectivity index (χ2v) is 18.2. The number of hydrogen-bond acceptors (Lipinski definition) is 5. The molecule has 0 atom stereocenters. The summed E-state index contributed by atoms with van der Waals surface area (Å²) in [5.74, 6) is 1.05. The minimum absolute atomic E-state index is 0.00297. The van der Waals surface area contributed by atoms with Gasteiger partial charge in [-0.2, -0.15) is 0 Å². The molecule has 0 fully saturated rings. The summed E-state index contributed by atoms with van der Waals surface area (Å²) < 4.78 is 34.9. The van der Waals surface area contributed by atoms with Gasteiger partial charge >= 0.3 is 252 Å². The molecule has 2 aromatic heterocycles. The van der Waals surface area contributed by atoms with E-state index in [2.05, 4.69) is 58.7 Å². The van der Waals surface area contributed by atoms with E-state index in [4.69, 9.17) is 9.72 Å². The van der Waals surface area contributed by atoms with Crippen LogP contribution in [-0.2, 0) is 17.0 Å². The van der Waals surface area contributed by atoms with Gasteiger partial charge in [-0.25, -0.2) is 0 Å². The van der Waals surface area contributed by atoms with Crippen LogP contribution in [0.15, 0.2) is 97.3 Å². The molecule has 3 aromatic carbocycles. The van der Waals surface area contributed by atoms with E-state index in [1.807, 2.05) is 60.8 Å². The molecule has 1 aliphatic rings. The number of hydrogen-bond donors (Lipinski definition) is 0. The molecule has 6 heteroatoms. The molecule has 3 heterocycles. The van der Waals surface area contributed by atoms with Gasteiger partial charge in [0.1, 0.15) is 0 Å². The van der Waals surface area contributed by atoms with Crippen molar-refractivity contribution in [2.45, 2.75) is 52.4 Å². The summed E-state index contributed by atoms with van der Waals surface area (Å²) in [5, 5.41) is 0. The number of ether oxygens (including phenoxy) is 1. The summed E-state index contributed by atoms with van der Waals surface area (Å²) in [5.41, 5.74) is 6.90. The molecule has 0 spiro atoms. The maximum absolute atomic E-state index is 13.9. The van der Waals surface area contributed by atoms with Crippen molar-refractivity contribution in [3.8, 4) is 45.1 Å². The quantitative estimate of drug-likeness (QED) is 0.181. The van der Waals surface area contributed by atoms with Gasteiger partial charge in [0.2, 0.25) is 0 Å². The Labute approximate surface area is 251 Å². The standard InChI is InChI=1S/C36H34N2O3Te/c1-35(2,3)24-14-16-37-30(19-24)23-10-9-11-26(18-23)41-27-21-29(31-20-25(15-17-38-31)36(4,5)6)34-28-12-7-8-13-32(28)42(39,40)33(34)22-27/h7-22H,1-6H3. The predicted molar refractivity (Wildman–Crippen MR) is 169 cm³/mol. The Hall–Kier alpha value is -3.85. The molecule has 0 amide bonds. The van der Waals surface area contributed by atoms with Gasteiger partial charge in [-0.1, -0.05) is 0 Å². The Morgan fingerprint density at radius 2 is 1.24 bits per heavy atom. The monoisotopic (exact) mass is 672 g/mol. The second-order valence-electron chi connectivity index (χ2n) is 12.8. The van der Waals surface area contributed by atoms with Crippen molar-refractivity contribution in [2.24, 2.45) is 0 Å². The molecular weight excluding hydrogens is 636 g/mol. The molecule has 6 rings (SSSR count). The van der Waals surface area contributed by atoms with E-state index < -0.39 is 18.1 Å². The van der Waals surface area contributed by atoms with Crippen molar-refractivity contribution < 1.29 is 10.9 Å². The van der Waals surface area contributed by atoms with Gasteiger partial charge in [-0.05, 0) is 0 Å². The first kappa shape index (κ1) is 28.3. The van der Waals surface area contributed by atoms with E-state index in [-0.39, 0.29) is 10.8 Å². The number of fused-ring (bicyclic) bond motifs is 3. The van der Waals surface area contributed by atoms with Gasteiger partial charge < -0.3 is 0 Å². The summed E-state index contributed by atoms with van der Waals surface area (Å²) in [6.45, 7) is 13.0. The van der Waals surface area contributed by atoms with Crippen molar-refractivity contribution in [3.63, 3.8) is 0 Å². The van der Waals surface area contributed by atoms with Gasteiger partial charge in [0.15, 0.2) is 0 Å². The third-order valence-electron chi connectivity index (χ3n) is 7.70. The van der Waals surface area contributed by atoms with Crippen LogP contribution in [0.4, 0.5) is 0 Å². The van der Waals surface area contributed by atoms with Crippen molar-refractivity contribution in [1.29, 1.82) is 0 Å². The number of nitrogens with zero attached hydrogens (tertiary/aromatic N) is 2. The SMILES string of the molecule is CC(C)(C)c1ccnc(-c2cccc(Oc3cc(-c4cc(C(C)(C)C)ccn4)c4c(c3)[Te](=O)(=O)c3ccccc3-4)c2)c1. The van der Waals surface area contributed by atoms with Crippen LogP contribution in [0.2, 0.25) is 0 Å². The topological polar surface area (TPSA) is 69.2 Å². The number of pyridine rings is 2. The molecule has 0 radical (unpaired) electrons. The van der Waals surface area contributed by atoms with Crippen LogP contribution in [0, 0.1) is 0 Å². The fraction of sp³-hybridized carbons (Fsp3) is 0.222. The molecule has 0 saturated heterocycles. The van der Waals surface area contributed by atoms with Crippen molar-refractivity contribution in [3.05, 3.63) is 108 Å². The summed E-state index contributed by atoms with van der Waals surface area (Å²) in [7, 11) is 0. The molecular formula is C36H34N2O3Te. The molecule has 0 saturated carbocycles. The third-order valence-corrected chi connectivity index (χ3v) is 12.9. The van der Waals surface area contributed by atoms with Crippen LogP contribution >= 0.6 is 0 Å². The molecule has 212 valence electrons. The van der Waals surface area contributed by atoms with Gasteiger partial charge in [0.05, 0.1) is 0 Å². The summed E-state index contributed by atoms with van der Waals surface area (Å²) in [4.78, 5) is 9.31. The zero-order valence-electron chi connectivity index (χ0n) is 24.8. The fourth-order valence-electron chi connectivity index (χ4n) is 5.32. The zero-order chi connectivity index (χ0) is 29.9. The molecule has 1 aliphatic heterocycles. The first-order valence-corrected chi connectivity index (χ1v) is 18.3. The van der Waals surface area contributed by atoms with Gasteiger partial charge in [-0.15, -0.1) is 0 Å². The average Bonchev–Trinajstić information content (AvgIpc) is 3.19. The Kier molecular flexibility index (Phi) is 6.84. The molecule has 5 aromatic rings. The summed E-state index contributed by atoms with van der Waals surface area (Å²) in [6, 6.07) is 26.8. The molecule has 5 nitrogen and oxygen atoms in total. The molecule has 42 heavy (non-hydrogen) atoms. The number of benzene rings is 3. The van der Waals surface area contributed by atoms with Crippen molar-refractivity contribution in [1.82, 2.24) is 9.97 Å². The van der Waals surface area contributed by atoms with Gasteiger partial charge in [-0.3, -0.25) is 0 Å². The maximum atomic E-state index is 13.9. The van der Waals surface area contributed by atoms with Crippen molar-refractivity contribution in [2.75, 3.05) is 0 Å². The van der Waals surface area contributed by atoms with Crippen LogP contribution in [0.1, 0.15) is 52.7 Å². The summed E-state index contributed by atoms with van der Waals surface area (Å²) in [6.07, 6.45) is 3.63. The van der Waals surface area contributed by atoms with Gasteiger partial charge in [0.25, 0.3) is 0 Å². The Bertz CT molecular complexity index is 1950. The van der Waals surface area contributed by atoms with Crippen LogP contribution in [0.25, 0.3) is 33.6 Å². The Morgan fingerprint density at radius 3 is 1.93 bits per heavy atom.